The van der Waals surface area contributed by atoms with E-state index in [-0.39, 0.29) is 17.5 Å². The summed E-state index contributed by atoms with van der Waals surface area (Å²) >= 11 is 0. The van der Waals surface area contributed by atoms with Crippen LogP contribution in [0.25, 0.3) is 0 Å². The molecule has 0 aliphatic carbocycles. The van der Waals surface area contributed by atoms with Gasteiger partial charge in [0.25, 0.3) is 10.0 Å². The number of rotatable bonds is 7. The van der Waals surface area contributed by atoms with Crippen molar-refractivity contribution in [3.63, 3.8) is 0 Å². The van der Waals surface area contributed by atoms with E-state index in [0.717, 1.165) is 0 Å². The first kappa shape index (κ1) is 15.6. The third-order valence-electron chi connectivity index (χ3n) is 2.43. The van der Waals surface area contributed by atoms with Gasteiger partial charge in [-0.3, -0.25) is 4.79 Å². The van der Waals surface area contributed by atoms with Crippen LogP contribution in [0.1, 0.15) is 6.92 Å². The summed E-state index contributed by atoms with van der Waals surface area (Å²) in [6.07, 6.45) is 2.73. The van der Waals surface area contributed by atoms with Crippen LogP contribution in [0, 0.1) is 5.92 Å². The van der Waals surface area contributed by atoms with Crippen molar-refractivity contribution < 1.29 is 13.2 Å². The molecule has 1 rings (SSSR count). The van der Waals surface area contributed by atoms with Crippen molar-refractivity contribution in [1.29, 1.82) is 0 Å². The van der Waals surface area contributed by atoms with Crippen molar-refractivity contribution in [3.8, 4) is 0 Å². The van der Waals surface area contributed by atoms with E-state index >= 15 is 0 Å². The van der Waals surface area contributed by atoms with Gasteiger partial charge in [0, 0.05) is 19.8 Å². The lowest BCUT2D eigenvalue weighted by Gasteiger charge is -2.10. The second-order valence-corrected chi connectivity index (χ2v) is 6.06. The molecule has 1 aromatic rings. The second kappa shape index (κ2) is 6.64. The number of carbonyl (C=O) groups excluding carboxylic acids is 1. The first-order chi connectivity index (χ1) is 8.85. The molecular formula is C10H19N5O3S. The number of aryl methyl sites for hydroxylation is 1. The van der Waals surface area contributed by atoms with Crippen molar-refractivity contribution in [2.75, 3.05) is 19.6 Å². The molecule has 0 aliphatic rings. The number of hydrogen-bond acceptors (Lipinski definition) is 5. The molecule has 19 heavy (non-hydrogen) atoms. The van der Waals surface area contributed by atoms with Crippen LogP contribution >= 0.6 is 0 Å². The largest absolute Gasteiger partial charge is 0.355 e. The molecule has 4 N–H and O–H groups in total. The van der Waals surface area contributed by atoms with E-state index in [1.165, 1.54) is 17.1 Å². The Morgan fingerprint density at radius 2 is 2.26 bits per heavy atom. The van der Waals surface area contributed by atoms with Crippen LogP contribution in [0.2, 0.25) is 0 Å². The van der Waals surface area contributed by atoms with Crippen LogP contribution in [-0.2, 0) is 21.9 Å². The van der Waals surface area contributed by atoms with E-state index in [1.807, 2.05) is 6.92 Å². The van der Waals surface area contributed by atoms with Crippen molar-refractivity contribution in [1.82, 2.24) is 19.6 Å². The summed E-state index contributed by atoms with van der Waals surface area (Å²) in [7, 11) is -2.09. The van der Waals surface area contributed by atoms with Crippen molar-refractivity contribution >= 4 is 15.9 Å². The lowest BCUT2D eigenvalue weighted by Crippen LogP contribution is -2.39. The highest BCUT2D eigenvalue weighted by molar-refractivity contribution is 7.89. The van der Waals surface area contributed by atoms with Crippen LogP contribution in [0.15, 0.2) is 17.6 Å². The normalized spacial score (nSPS) is 13.2. The van der Waals surface area contributed by atoms with Gasteiger partial charge in [0.15, 0.2) is 5.03 Å². The molecule has 1 heterocycles. The number of nitrogens with one attached hydrogen (secondary N) is 2. The Kier molecular flexibility index (Phi) is 5.45. The van der Waals surface area contributed by atoms with Crippen LogP contribution in [0.5, 0.6) is 0 Å². The molecule has 0 spiro atoms. The van der Waals surface area contributed by atoms with E-state index in [0.29, 0.717) is 13.1 Å². The Balaban J connectivity index is 2.45. The number of imidazole rings is 1. The fraction of sp³-hybridized carbons (Fsp3) is 0.600. The molecule has 0 saturated heterocycles. The lowest BCUT2D eigenvalue weighted by molar-refractivity contribution is -0.120. The van der Waals surface area contributed by atoms with Gasteiger partial charge in [-0.1, -0.05) is 6.92 Å². The monoisotopic (exact) mass is 289 g/mol. The number of nitrogens with two attached hydrogens (primary N) is 1. The highest BCUT2D eigenvalue weighted by Gasteiger charge is 2.18. The summed E-state index contributed by atoms with van der Waals surface area (Å²) in [4.78, 5) is 15.2. The minimum Gasteiger partial charge on any atom is -0.355 e. The SMILES string of the molecule is CC(CN)CNC(=O)CNS(=O)(=O)c1cn(C)cn1. The minimum absolute atomic E-state index is 0.113. The summed E-state index contributed by atoms with van der Waals surface area (Å²) in [6, 6.07) is 0. The Hall–Kier alpha value is -1.45. The Morgan fingerprint density at radius 1 is 1.58 bits per heavy atom. The Bertz CT molecular complexity index is 525. The van der Waals surface area contributed by atoms with Gasteiger partial charge < -0.3 is 15.6 Å². The molecular weight excluding hydrogens is 270 g/mol. The smallest absolute Gasteiger partial charge is 0.260 e. The number of carbonyl (C=O) groups is 1. The average molecular weight is 289 g/mol. The van der Waals surface area contributed by atoms with E-state index in [4.69, 9.17) is 5.73 Å². The van der Waals surface area contributed by atoms with E-state index in [1.54, 1.807) is 7.05 Å². The summed E-state index contributed by atoms with van der Waals surface area (Å²) in [5, 5.41) is 2.48. The molecule has 0 aromatic carbocycles. The molecule has 0 radical (unpaired) electrons. The third kappa shape index (κ3) is 4.97. The summed E-state index contributed by atoms with van der Waals surface area (Å²) in [5.74, 6) is -0.254. The number of aromatic nitrogens is 2. The molecule has 1 amide bonds. The number of amides is 1. The number of hydrogen-bond donors (Lipinski definition) is 3. The zero-order chi connectivity index (χ0) is 14.5. The first-order valence-electron chi connectivity index (χ1n) is 5.79. The molecule has 1 unspecified atom stereocenters. The molecule has 9 heteroatoms. The maximum atomic E-state index is 11.8. The molecule has 0 bridgehead atoms. The highest BCUT2D eigenvalue weighted by Crippen LogP contribution is 2.02. The average Bonchev–Trinajstić information content (AvgIpc) is 2.81. The number of nitrogens with zero attached hydrogens (tertiary/aromatic N) is 2. The van der Waals surface area contributed by atoms with Crippen molar-refractivity contribution in [2.24, 2.45) is 18.7 Å². The quantitative estimate of drug-likeness (QED) is 0.559. The van der Waals surface area contributed by atoms with Crippen LogP contribution < -0.4 is 15.8 Å². The molecule has 0 fully saturated rings. The fourth-order valence-electron chi connectivity index (χ4n) is 1.20. The lowest BCUT2D eigenvalue weighted by atomic mass is 10.2. The standard InChI is InChI=1S/C10H19N5O3S/c1-8(3-11)4-12-9(16)5-14-19(17,18)10-6-15(2)7-13-10/h6-8,14H,3-5,11H2,1-2H3,(H,12,16). The van der Waals surface area contributed by atoms with Gasteiger partial charge in [-0.25, -0.2) is 18.1 Å². The van der Waals surface area contributed by atoms with E-state index < -0.39 is 15.9 Å². The zero-order valence-corrected chi connectivity index (χ0v) is 11.8. The summed E-state index contributed by atoms with van der Waals surface area (Å²) in [5.41, 5.74) is 5.41. The third-order valence-corrected chi connectivity index (χ3v) is 3.72. The second-order valence-electron chi connectivity index (χ2n) is 4.35. The van der Waals surface area contributed by atoms with Crippen LogP contribution in [0.3, 0.4) is 0 Å². The predicted molar refractivity (Wildman–Crippen MR) is 69.6 cm³/mol. The predicted octanol–water partition coefficient (Wildman–Crippen LogP) is -1.59. The fourth-order valence-corrected chi connectivity index (χ4v) is 2.16. The van der Waals surface area contributed by atoms with Gasteiger partial charge in [-0.15, -0.1) is 0 Å². The van der Waals surface area contributed by atoms with Crippen molar-refractivity contribution in [2.45, 2.75) is 11.9 Å². The van der Waals surface area contributed by atoms with Crippen LogP contribution in [0.4, 0.5) is 0 Å². The van der Waals surface area contributed by atoms with Gasteiger partial charge >= 0.3 is 0 Å². The molecule has 1 aromatic heterocycles. The molecule has 108 valence electrons. The molecule has 0 aliphatic heterocycles. The van der Waals surface area contributed by atoms with Gasteiger partial charge in [0.1, 0.15) is 0 Å². The summed E-state index contributed by atoms with van der Waals surface area (Å²) in [6.45, 7) is 2.44. The highest BCUT2D eigenvalue weighted by atomic mass is 32.2. The van der Waals surface area contributed by atoms with Gasteiger partial charge in [0.05, 0.1) is 12.9 Å². The first-order valence-corrected chi connectivity index (χ1v) is 7.28. The van der Waals surface area contributed by atoms with Gasteiger partial charge in [-0.05, 0) is 12.5 Å². The van der Waals surface area contributed by atoms with E-state index in [2.05, 4.69) is 15.0 Å². The van der Waals surface area contributed by atoms with Gasteiger partial charge in [0.2, 0.25) is 5.91 Å². The topological polar surface area (TPSA) is 119 Å². The maximum Gasteiger partial charge on any atom is 0.260 e. The van der Waals surface area contributed by atoms with Crippen LogP contribution in [-0.4, -0.2) is 43.5 Å². The maximum absolute atomic E-state index is 11.8. The molecule has 8 nitrogen and oxygen atoms in total. The number of sulfonamides is 1. The van der Waals surface area contributed by atoms with Crippen molar-refractivity contribution in [3.05, 3.63) is 12.5 Å². The summed E-state index contributed by atoms with van der Waals surface area (Å²) < 4.78 is 27.2. The molecule has 1 atom stereocenters. The Labute approximate surface area is 112 Å². The van der Waals surface area contributed by atoms with Gasteiger partial charge in [-0.2, -0.15) is 0 Å². The zero-order valence-electron chi connectivity index (χ0n) is 11.0. The molecule has 0 saturated carbocycles. The van der Waals surface area contributed by atoms with E-state index in [9.17, 15) is 13.2 Å². The minimum atomic E-state index is -3.75. The Morgan fingerprint density at radius 3 is 2.79 bits per heavy atom.